The predicted octanol–water partition coefficient (Wildman–Crippen LogP) is -0.652. The first-order valence-corrected chi connectivity index (χ1v) is 5.80. The van der Waals surface area contributed by atoms with Gasteiger partial charge in [-0.05, 0) is 25.3 Å². The lowest BCUT2D eigenvalue weighted by molar-refractivity contribution is -0.270. The van der Waals surface area contributed by atoms with E-state index in [1.165, 1.54) is 7.11 Å². The fourth-order valence-corrected chi connectivity index (χ4v) is 1.30. The summed E-state index contributed by atoms with van der Waals surface area (Å²) in [6, 6.07) is 0. The van der Waals surface area contributed by atoms with E-state index < -0.39 is 0 Å². The van der Waals surface area contributed by atoms with E-state index in [1.54, 1.807) is 0 Å². The highest BCUT2D eigenvalue weighted by molar-refractivity contribution is 5.77. The number of hydrogen-bond donors (Lipinski definition) is 4. The predicted molar refractivity (Wildman–Crippen MR) is 68.0 cm³/mol. The van der Waals surface area contributed by atoms with Crippen LogP contribution < -0.4 is 22.1 Å². The highest BCUT2D eigenvalue weighted by Crippen LogP contribution is 2.02. The Hall–Kier alpha value is -0.890. The Morgan fingerprint density at radius 2 is 2.24 bits per heavy atom. The van der Waals surface area contributed by atoms with Crippen LogP contribution in [-0.2, 0) is 9.78 Å². The molecule has 6 N–H and O–H groups in total. The molecule has 1 unspecified atom stereocenters. The minimum atomic E-state index is 0.103. The molecule has 7 nitrogen and oxygen atoms in total. The van der Waals surface area contributed by atoms with Crippen molar-refractivity contribution in [2.75, 3.05) is 33.6 Å². The minimum absolute atomic E-state index is 0.103. The molecule has 0 aromatic heterocycles. The Bertz CT molecular complexity index is 201. The van der Waals surface area contributed by atoms with Crippen LogP contribution in [0.25, 0.3) is 0 Å². The molecule has 0 rings (SSSR count). The molecule has 1 atom stereocenters. The largest absolute Gasteiger partial charge is 0.370 e. The summed E-state index contributed by atoms with van der Waals surface area (Å²) in [5, 5.41) is 6.11. The van der Waals surface area contributed by atoms with Gasteiger partial charge in [0.1, 0.15) is 0 Å². The smallest absolute Gasteiger partial charge is 0.191 e. The van der Waals surface area contributed by atoms with E-state index in [9.17, 15) is 0 Å². The minimum Gasteiger partial charge on any atom is -0.370 e. The maximum atomic E-state index is 5.59. The number of nitrogens with one attached hydrogen (secondary N) is 2. The van der Waals surface area contributed by atoms with Crippen molar-refractivity contribution in [2.45, 2.75) is 19.8 Å². The number of rotatable bonds is 10. The summed E-state index contributed by atoms with van der Waals surface area (Å²) in [7, 11) is 1.43. The van der Waals surface area contributed by atoms with Gasteiger partial charge < -0.3 is 22.1 Å². The van der Waals surface area contributed by atoms with Gasteiger partial charge in [0.2, 0.25) is 0 Å². The van der Waals surface area contributed by atoms with Crippen molar-refractivity contribution in [1.82, 2.24) is 10.6 Å². The Kier molecular flexibility index (Phi) is 11.0. The zero-order valence-electron chi connectivity index (χ0n) is 10.7. The molecule has 0 aliphatic rings. The standard InChI is InChI=1S/C10H25N5O2/c1-9(6-13-7-11)4-3-5-14-10(12)15-8-17-16-2/h9,13H,3-8,11H2,1-2H3,(H3,12,14,15). The Balaban J connectivity index is 3.40. The van der Waals surface area contributed by atoms with E-state index in [4.69, 9.17) is 11.5 Å². The molecule has 17 heavy (non-hydrogen) atoms. The molecule has 0 saturated carbocycles. The molecule has 0 bridgehead atoms. The average Bonchev–Trinajstić information content (AvgIpc) is 2.32. The summed E-state index contributed by atoms with van der Waals surface area (Å²) in [5.41, 5.74) is 10.9. The Morgan fingerprint density at radius 1 is 1.47 bits per heavy atom. The highest BCUT2D eigenvalue weighted by Gasteiger charge is 2.00. The van der Waals surface area contributed by atoms with Crippen LogP contribution in [0.15, 0.2) is 4.99 Å². The van der Waals surface area contributed by atoms with Crippen LogP contribution in [-0.4, -0.2) is 39.6 Å². The SMILES string of the molecule is COOCN=C(N)NCCCC(C)CNCN. The number of nitrogens with zero attached hydrogens (tertiary/aromatic N) is 1. The van der Waals surface area contributed by atoms with Gasteiger partial charge >= 0.3 is 0 Å². The first kappa shape index (κ1) is 16.1. The zero-order valence-corrected chi connectivity index (χ0v) is 10.7. The summed E-state index contributed by atoms with van der Waals surface area (Å²) in [5.74, 6) is 0.977. The lowest BCUT2D eigenvalue weighted by Gasteiger charge is -2.11. The van der Waals surface area contributed by atoms with E-state index in [-0.39, 0.29) is 6.73 Å². The monoisotopic (exact) mass is 247 g/mol. The van der Waals surface area contributed by atoms with Crippen molar-refractivity contribution in [2.24, 2.45) is 22.4 Å². The molecule has 0 heterocycles. The van der Waals surface area contributed by atoms with Gasteiger partial charge in [0.15, 0.2) is 12.7 Å². The summed E-state index contributed by atoms with van der Waals surface area (Å²) in [6.07, 6.45) is 2.15. The van der Waals surface area contributed by atoms with Crippen molar-refractivity contribution in [1.29, 1.82) is 0 Å². The normalized spacial score (nSPS) is 13.7. The zero-order chi connectivity index (χ0) is 12.9. The molecule has 0 aromatic carbocycles. The number of hydrogen-bond acceptors (Lipinski definition) is 5. The Labute approximate surface area is 103 Å². The maximum absolute atomic E-state index is 5.59. The number of nitrogens with two attached hydrogens (primary N) is 2. The molecule has 0 aliphatic carbocycles. The quantitative estimate of drug-likeness (QED) is 0.102. The molecule has 7 heteroatoms. The van der Waals surface area contributed by atoms with Crippen molar-refractivity contribution < 1.29 is 9.78 Å². The highest BCUT2D eigenvalue weighted by atomic mass is 17.2. The van der Waals surface area contributed by atoms with Gasteiger partial charge in [-0.15, -0.1) is 0 Å². The molecular weight excluding hydrogens is 222 g/mol. The number of aliphatic imine (C=N–C) groups is 1. The third-order valence-corrected chi connectivity index (χ3v) is 2.22. The molecule has 0 saturated heterocycles. The fraction of sp³-hybridized carbons (Fsp3) is 0.900. The second-order valence-electron chi connectivity index (χ2n) is 3.79. The molecule has 0 amide bonds. The topological polar surface area (TPSA) is 107 Å². The van der Waals surface area contributed by atoms with E-state index in [1.807, 2.05) is 0 Å². The van der Waals surface area contributed by atoms with Gasteiger partial charge in [0, 0.05) is 13.2 Å². The Morgan fingerprint density at radius 3 is 2.88 bits per heavy atom. The number of guanidine groups is 1. The van der Waals surface area contributed by atoms with Crippen molar-refractivity contribution in [3.8, 4) is 0 Å². The molecule has 102 valence electrons. The van der Waals surface area contributed by atoms with Gasteiger partial charge in [-0.2, -0.15) is 0 Å². The fourth-order valence-electron chi connectivity index (χ4n) is 1.30. The second kappa shape index (κ2) is 11.6. The van der Waals surface area contributed by atoms with Crippen LogP contribution in [0, 0.1) is 5.92 Å². The van der Waals surface area contributed by atoms with Crippen LogP contribution in [0.3, 0.4) is 0 Å². The van der Waals surface area contributed by atoms with Gasteiger partial charge in [-0.1, -0.05) is 6.92 Å². The van der Waals surface area contributed by atoms with Crippen molar-refractivity contribution >= 4 is 5.96 Å². The molecule has 0 radical (unpaired) electrons. The maximum Gasteiger partial charge on any atom is 0.191 e. The van der Waals surface area contributed by atoms with Crippen LogP contribution in [0.5, 0.6) is 0 Å². The summed E-state index contributed by atoms with van der Waals surface area (Å²) in [6.45, 7) is 4.57. The molecular formula is C10H25N5O2. The third-order valence-electron chi connectivity index (χ3n) is 2.22. The van der Waals surface area contributed by atoms with E-state index >= 15 is 0 Å². The first-order chi connectivity index (χ1) is 8.20. The van der Waals surface area contributed by atoms with E-state index in [0.717, 1.165) is 25.9 Å². The van der Waals surface area contributed by atoms with Crippen molar-refractivity contribution in [3.05, 3.63) is 0 Å². The van der Waals surface area contributed by atoms with Crippen LogP contribution in [0.4, 0.5) is 0 Å². The van der Waals surface area contributed by atoms with Crippen molar-refractivity contribution in [3.63, 3.8) is 0 Å². The van der Waals surface area contributed by atoms with E-state index in [0.29, 0.717) is 18.5 Å². The van der Waals surface area contributed by atoms with Gasteiger partial charge in [0.05, 0.1) is 7.11 Å². The van der Waals surface area contributed by atoms with Gasteiger partial charge in [-0.3, -0.25) is 0 Å². The average molecular weight is 247 g/mol. The third kappa shape index (κ3) is 11.4. The molecule has 0 fully saturated rings. The van der Waals surface area contributed by atoms with Crippen LogP contribution >= 0.6 is 0 Å². The first-order valence-electron chi connectivity index (χ1n) is 5.80. The summed E-state index contributed by atoms with van der Waals surface area (Å²) in [4.78, 5) is 12.8. The van der Waals surface area contributed by atoms with Crippen LogP contribution in [0.1, 0.15) is 19.8 Å². The van der Waals surface area contributed by atoms with Gasteiger partial charge in [0.25, 0.3) is 0 Å². The summed E-state index contributed by atoms with van der Waals surface area (Å²) >= 11 is 0. The van der Waals surface area contributed by atoms with Crippen LogP contribution in [0.2, 0.25) is 0 Å². The lowest BCUT2D eigenvalue weighted by atomic mass is 10.1. The second-order valence-corrected chi connectivity index (χ2v) is 3.79. The van der Waals surface area contributed by atoms with Gasteiger partial charge in [-0.25, -0.2) is 14.8 Å². The summed E-state index contributed by atoms with van der Waals surface area (Å²) < 4.78 is 0. The van der Waals surface area contributed by atoms with E-state index in [2.05, 4.69) is 32.3 Å². The molecule has 0 aliphatic heterocycles. The molecule has 0 spiro atoms. The molecule has 0 aromatic rings. The lowest BCUT2D eigenvalue weighted by Crippen LogP contribution is -2.33.